The predicted molar refractivity (Wildman–Crippen MR) is 29.0 cm³/mol. The molecule has 0 aromatic rings. The van der Waals surface area contributed by atoms with Crippen LogP contribution in [0, 0.1) is 0 Å². The van der Waals surface area contributed by atoms with Crippen LogP contribution in [0.1, 0.15) is 19.8 Å². The molecule has 0 aromatic heterocycles. The Hall–Kier alpha value is -0.670. The zero-order valence-electron chi connectivity index (χ0n) is 5.16. The van der Waals surface area contributed by atoms with Crippen LogP contribution < -0.4 is 5.73 Å². The molecule has 0 aromatic carbocycles. The third kappa shape index (κ3) is 7.33. The van der Waals surface area contributed by atoms with Crippen LogP contribution in [0.25, 0.3) is 0 Å². The lowest BCUT2D eigenvalue weighted by Crippen LogP contribution is -2.17. The van der Waals surface area contributed by atoms with Gasteiger partial charge in [-0.25, -0.2) is 8.78 Å². The van der Waals surface area contributed by atoms with Crippen molar-refractivity contribution in [2.24, 2.45) is 5.73 Å². The van der Waals surface area contributed by atoms with Crippen molar-refractivity contribution in [3.63, 3.8) is 0 Å². The Labute approximate surface area is 52.0 Å². The summed E-state index contributed by atoms with van der Waals surface area (Å²) in [5, 5.41) is 0. The van der Waals surface area contributed by atoms with Gasteiger partial charge in [0.1, 0.15) is 0 Å². The number of amides is 1. The van der Waals surface area contributed by atoms with E-state index in [1.165, 1.54) is 0 Å². The minimum atomic E-state index is -2.77. The first kappa shape index (κ1) is 8.33. The summed E-state index contributed by atoms with van der Waals surface area (Å²) in [7, 11) is 0. The van der Waals surface area contributed by atoms with E-state index >= 15 is 0 Å². The van der Waals surface area contributed by atoms with Crippen LogP contribution in [0.2, 0.25) is 0 Å². The molecule has 2 nitrogen and oxygen atoms in total. The van der Waals surface area contributed by atoms with Crippen LogP contribution in [0.4, 0.5) is 8.78 Å². The van der Waals surface area contributed by atoms with Crippen LogP contribution in [0.15, 0.2) is 0 Å². The largest absolute Gasteiger partial charge is 0.370 e. The van der Waals surface area contributed by atoms with Crippen LogP contribution in [-0.4, -0.2) is 11.8 Å². The number of carbonyl (C=O) groups is 1. The number of nitrogens with two attached hydrogens (primary N) is 1. The Kier molecular flexibility index (Phi) is 2.55. The van der Waals surface area contributed by atoms with E-state index < -0.39 is 18.3 Å². The van der Waals surface area contributed by atoms with Gasteiger partial charge < -0.3 is 5.73 Å². The van der Waals surface area contributed by atoms with Gasteiger partial charge in [-0.15, -0.1) is 0 Å². The molecule has 0 atom stereocenters. The molecule has 1 amide bonds. The zero-order valence-corrected chi connectivity index (χ0v) is 5.16. The van der Waals surface area contributed by atoms with Crippen molar-refractivity contribution < 1.29 is 13.6 Å². The number of rotatable bonds is 3. The molecule has 0 unspecified atom stereocenters. The summed E-state index contributed by atoms with van der Waals surface area (Å²) in [5.41, 5.74) is 4.63. The molecular weight excluding hydrogens is 128 g/mol. The third-order valence-corrected chi connectivity index (χ3v) is 0.810. The van der Waals surface area contributed by atoms with Gasteiger partial charge in [0.05, 0.1) is 0 Å². The Bertz CT molecular complexity index is 108. The highest BCUT2D eigenvalue weighted by Gasteiger charge is 2.20. The molecular formula is C5H9F2NO. The quantitative estimate of drug-likeness (QED) is 0.617. The maximum Gasteiger partial charge on any atom is 0.245 e. The minimum Gasteiger partial charge on any atom is -0.370 e. The number of primary amides is 1. The Balaban J connectivity index is 3.39. The SMILES string of the molecule is CC(F)(F)CCC(N)=O. The summed E-state index contributed by atoms with van der Waals surface area (Å²) < 4.78 is 23.7. The molecule has 4 heteroatoms. The van der Waals surface area contributed by atoms with Crippen LogP contribution in [0.3, 0.4) is 0 Å². The number of hydrogen-bond donors (Lipinski definition) is 1. The van der Waals surface area contributed by atoms with Gasteiger partial charge in [0.15, 0.2) is 0 Å². The Morgan fingerprint density at radius 1 is 1.67 bits per heavy atom. The molecule has 0 radical (unpaired) electrons. The second-order valence-corrected chi connectivity index (χ2v) is 2.04. The van der Waals surface area contributed by atoms with Gasteiger partial charge in [-0.2, -0.15) is 0 Å². The van der Waals surface area contributed by atoms with Gasteiger partial charge in [-0.05, 0) is 6.92 Å². The van der Waals surface area contributed by atoms with Crippen molar-refractivity contribution in [2.75, 3.05) is 0 Å². The number of halogens is 2. The summed E-state index contributed by atoms with van der Waals surface area (Å²) in [6, 6.07) is 0. The summed E-state index contributed by atoms with van der Waals surface area (Å²) in [4.78, 5) is 9.93. The lowest BCUT2D eigenvalue weighted by molar-refractivity contribution is -0.119. The molecule has 0 spiro atoms. The van der Waals surface area contributed by atoms with Crippen molar-refractivity contribution in [3.8, 4) is 0 Å². The summed E-state index contributed by atoms with van der Waals surface area (Å²) in [6.07, 6.45) is -0.703. The average molecular weight is 137 g/mol. The second-order valence-electron chi connectivity index (χ2n) is 2.04. The third-order valence-electron chi connectivity index (χ3n) is 0.810. The van der Waals surface area contributed by atoms with Gasteiger partial charge in [0, 0.05) is 12.8 Å². The fraction of sp³-hybridized carbons (Fsp3) is 0.800. The molecule has 0 fully saturated rings. The van der Waals surface area contributed by atoms with Gasteiger partial charge in [-0.3, -0.25) is 4.79 Å². The number of hydrogen-bond acceptors (Lipinski definition) is 1. The van der Waals surface area contributed by atoms with E-state index in [0.29, 0.717) is 0 Å². The first-order chi connectivity index (χ1) is 3.92. The first-order valence-corrected chi connectivity index (χ1v) is 2.58. The lowest BCUT2D eigenvalue weighted by atomic mass is 10.2. The normalized spacial score (nSPS) is 11.4. The monoisotopic (exact) mass is 137 g/mol. The number of alkyl halides is 2. The highest BCUT2D eigenvalue weighted by Crippen LogP contribution is 2.17. The number of carbonyl (C=O) groups excluding carboxylic acids is 1. The minimum absolute atomic E-state index is 0.247. The van der Waals surface area contributed by atoms with Crippen molar-refractivity contribution in [2.45, 2.75) is 25.7 Å². The molecule has 0 heterocycles. The van der Waals surface area contributed by atoms with Crippen LogP contribution in [0.5, 0.6) is 0 Å². The second kappa shape index (κ2) is 2.75. The van der Waals surface area contributed by atoms with E-state index in [1.54, 1.807) is 0 Å². The molecule has 0 saturated carbocycles. The fourth-order valence-electron chi connectivity index (χ4n) is 0.343. The first-order valence-electron chi connectivity index (χ1n) is 2.58. The molecule has 0 saturated heterocycles. The summed E-state index contributed by atoms with van der Waals surface area (Å²) >= 11 is 0. The maximum atomic E-state index is 11.9. The molecule has 0 aliphatic carbocycles. The molecule has 2 N–H and O–H groups in total. The zero-order chi connectivity index (χ0) is 7.49. The molecule has 0 aliphatic heterocycles. The van der Waals surface area contributed by atoms with Crippen LogP contribution in [-0.2, 0) is 4.79 Å². The van der Waals surface area contributed by atoms with Crippen molar-refractivity contribution in [1.82, 2.24) is 0 Å². The molecule has 0 rings (SSSR count). The molecule has 54 valence electrons. The van der Waals surface area contributed by atoms with E-state index in [2.05, 4.69) is 5.73 Å². The fourth-order valence-corrected chi connectivity index (χ4v) is 0.343. The van der Waals surface area contributed by atoms with Gasteiger partial charge in [-0.1, -0.05) is 0 Å². The molecule has 0 aliphatic rings. The Morgan fingerprint density at radius 2 is 2.11 bits per heavy atom. The summed E-state index contributed by atoms with van der Waals surface area (Å²) in [6.45, 7) is 0.760. The van der Waals surface area contributed by atoms with E-state index in [0.717, 1.165) is 6.92 Å². The van der Waals surface area contributed by atoms with Crippen molar-refractivity contribution in [3.05, 3.63) is 0 Å². The Morgan fingerprint density at radius 3 is 2.22 bits per heavy atom. The van der Waals surface area contributed by atoms with E-state index in [4.69, 9.17) is 0 Å². The summed E-state index contributed by atoms with van der Waals surface area (Å²) in [5.74, 6) is -3.45. The average Bonchev–Trinajstić information content (AvgIpc) is 1.59. The van der Waals surface area contributed by atoms with E-state index in [9.17, 15) is 13.6 Å². The van der Waals surface area contributed by atoms with E-state index in [-0.39, 0.29) is 6.42 Å². The maximum absolute atomic E-state index is 11.9. The smallest absolute Gasteiger partial charge is 0.245 e. The van der Waals surface area contributed by atoms with Crippen molar-refractivity contribution in [1.29, 1.82) is 0 Å². The van der Waals surface area contributed by atoms with Crippen molar-refractivity contribution >= 4 is 5.91 Å². The molecule has 0 bridgehead atoms. The van der Waals surface area contributed by atoms with Gasteiger partial charge >= 0.3 is 0 Å². The standard InChI is InChI=1S/C5H9F2NO/c1-5(6,7)3-2-4(8)9/h2-3H2,1H3,(H2,8,9). The predicted octanol–water partition coefficient (Wildman–Crippen LogP) is 0.907. The highest BCUT2D eigenvalue weighted by molar-refractivity contribution is 5.73. The highest BCUT2D eigenvalue weighted by atomic mass is 19.3. The lowest BCUT2D eigenvalue weighted by Gasteiger charge is -2.06. The molecule has 9 heavy (non-hydrogen) atoms. The van der Waals surface area contributed by atoms with Crippen LogP contribution >= 0.6 is 0 Å². The van der Waals surface area contributed by atoms with Gasteiger partial charge in [0.25, 0.3) is 0 Å². The topological polar surface area (TPSA) is 43.1 Å². The van der Waals surface area contributed by atoms with E-state index in [1.807, 2.05) is 0 Å². The van der Waals surface area contributed by atoms with Gasteiger partial charge in [0.2, 0.25) is 11.8 Å².